The highest BCUT2D eigenvalue weighted by Gasteiger charge is 2.51. The van der Waals surface area contributed by atoms with Gasteiger partial charge in [0.15, 0.2) is 23.1 Å². The van der Waals surface area contributed by atoms with Crippen molar-refractivity contribution >= 4 is 40.1 Å². The molecule has 10 heteroatoms. The van der Waals surface area contributed by atoms with E-state index in [1.807, 2.05) is 47.6 Å². The summed E-state index contributed by atoms with van der Waals surface area (Å²) in [7, 11) is -0.447. The van der Waals surface area contributed by atoms with Crippen LogP contribution in [-0.2, 0) is 9.31 Å². The van der Waals surface area contributed by atoms with Gasteiger partial charge in [0.25, 0.3) is 0 Å². The van der Waals surface area contributed by atoms with Gasteiger partial charge in [-0.05, 0) is 69.6 Å². The normalized spacial score (nSPS) is 16.6. The monoisotopic (exact) mass is 480 g/mol. The van der Waals surface area contributed by atoms with Gasteiger partial charge in [-0.3, -0.25) is 0 Å². The maximum atomic E-state index is 5.96. The van der Waals surface area contributed by atoms with E-state index in [-0.39, 0.29) is 11.2 Å². The van der Waals surface area contributed by atoms with E-state index < -0.39 is 7.12 Å². The Bertz CT molecular complexity index is 851. The van der Waals surface area contributed by atoms with Crippen molar-refractivity contribution in [3.8, 4) is 11.5 Å². The number of ether oxygens (including phenoxy) is 2. The molecule has 0 radical (unpaired) electrons. The SMILES string of the molecule is CCOc1cc(B2OC(C)(C)C(C)(C)O2)cnc1N.CCOc1cc(Br)cnc1N. The van der Waals surface area contributed by atoms with Gasteiger partial charge >= 0.3 is 7.12 Å². The fourth-order valence-corrected chi connectivity index (χ4v) is 2.86. The molecule has 0 unspecified atom stereocenters. The third kappa shape index (κ3) is 5.77. The van der Waals surface area contributed by atoms with Crippen LogP contribution in [0.25, 0.3) is 0 Å². The molecule has 1 saturated heterocycles. The Balaban J connectivity index is 0.000000248. The van der Waals surface area contributed by atoms with Crippen LogP contribution in [-0.4, -0.2) is 41.5 Å². The highest BCUT2D eigenvalue weighted by molar-refractivity contribution is 9.10. The van der Waals surface area contributed by atoms with Crippen LogP contribution in [0.15, 0.2) is 29.0 Å². The van der Waals surface area contributed by atoms with Gasteiger partial charge in [-0.1, -0.05) is 0 Å². The molecule has 1 fully saturated rings. The quantitative estimate of drug-likeness (QED) is 0.627. The highest BCUT2D eigenvalue weighted by atomic mass is 79.9. The van der Waals surface area contributed by atoms with Crippen molar-refractivity contribution in [3.05, 3.63) is 29.0 Å². The van der Waals surface area contributed by atoms with Crippen molar-refractivity contribution in [2.24, 2.45) is 0 Å². The van der Waals surface area contributed by atoms with Gasteiger partial charge in [-0.25, -0.2) is 9.97 Å². The molecule has 0 atom stereocenters. The zero-order valence-corrected chi connectivity index (χ0v) is 19.9. The van der Waals surface area contributed by atoms with E-state index in [9.17, 15) is 0 Å². The van der Waals surface area contributed by atoms with Gasteiger partial charge in [0, 0.05) is 22.3 Å². The van der Waals surface area contributed by atoms with E-state index in [2.05, 4.69) is 25.9 Å². The molecule has 1 aliphatic heterocycles. The van der Waals surface area contributed by atoms with E-state index in [4.69, 9.17) is 30.2 Å². The third-order valence-electron chi connectivity index (χ3n) is 4.88. The summed E-state index contributed by atoms with van der Waals surface area (Å²) in [6.07, 6.45) is 3.30. The molecule has 1 aliphatic rings. The lowest BCUT2D eigenvalue weighted by molar-refractivity contribution is 0.00578. The van der Waals surface area contributed by atoms with Crippen LogP contribution in [0.2, 0.25) is 0 Å². The second-order valence-corrected chi connectivity index (χ2v) is 8.56. The molecule has 30 heavy (non-hydrogen) atoms. The number of nitrogen functional groups attached to an aromatic ring is 2. The first-order valence-electron chi connectivity index (χ1n) is 9.78. The number of rotatable bonds is 5. The topological polar surface area (TPSA) is 115 Å². The fraction of sp³-hybridized carbons (Fsp3) is 0.500. The maximum absolute atomic E-state index is 5.96. The number of anilines is 2. The minimum absolute atomic E-state index is 0.370. The molecule has 3 heterocycles. The summed E-state index contributed by atoms with van der Waals surface area (Å²) in [5, 5.41) is 0. The Hall–Kier alpha value is -2.04. The average molecular weight is 481 g/mol. The van der Waals surface area contributed by atoms with Gasteiger partial charge in [0.2, 0.25) is 0 Å². The minimum atomic E-state index is -0.447. The Morgan fingerprint density at radius 3 is 1.87 bits per heavy atom. The standard InChI is InChI=1S/C13H21BN2O3.C7H9BrN2O/c1-6-17-10-7-9(8-16-11(10)15)14-18-12(2,3)13(4,5)19-14;1-2-11-6-3-5(8)4-10-7(6)9/h7-8H,6H2,1-5H3,(H2,15,16);3-4H,2H2,1H3,(H2,9,10). The third-order valence-corrected chi connectivity index (χ3v) is 5.31. The molecular formula is C20H30BBrN4O4. The lowest BCUT2D eigenvalue weighted by Crippen LogP contribution is -2.41. The Labute approximate surface area is 186 Å². The Morgan fingerprint density at radius 1 is 0.900 bits per heavy atom. The molecule has 4 N–H and O–H groups in total. The minimum Gasteiger partial charge on any atom is -0.490 e. The molecule has 2 aromatic heterocycles. The van der Waals surface area contributed by atoms with Crippen LogP contribution < -0.4 is 26.4 Å². The van der Waals surface area contributed by atoms with Gasteiger partial charge in [-0.15, -0.1) is 0 Å². The van der Waals surface area contributed by atoms with E-state index in [0.29, 0.717) is 36.3 Å². The van der Waals surface area contributed by atoms with Crippen molar-refractivity contribution in [3.63, 3.8) is 0 Å². The molecule has 164 valence electrons. The molecule has 0 spiro atoms. The number of aromatic nitrogens is 2. The summed E-state index contributed by atoms with van der Waals surface area (Å²) in [6, 6.07) is 3.62. The van der Waals surface area contributed by atoms with Crippen LogP contribution in [0.5, 0.6) is 11.5 Å². The number of halogens is 1. The fourth-order valence-electron chi connectivity index (χ4n) is 2.55. The summed E-state index contributed by atoms with van der Waals surface area (Å²) in [5.41, 5.74) is 11.4. The summed E-state index contributed by atoms with van der Waals surface area (Å²) >= 11 is 3.27. The van der Waals surface area contributed by atoms with Gasteiger partial charge in [-0.2, -0.15) is 0 Å². The molecule has 0 amide bonds. The van der Waals surface area contributed by atoms with E-state index in [1.165, 1.54) is 0 Å². The van der Waals surface area contributed by atoms with Crippen LogP contribution in [0.3, 0.4) is 0 Å². The molecule has 3 rings (SSSR count). The lowest BCUT2D eigenvalue weighted by atomic mass is 9.80. The number of hydrogen-bond acceptors (Lipinski definition) is 8. The molecular weight excluding hydrogens is 451 g/mol. The van der Waals surface area contributed by atoms with E-state index in [0.717, 1.165) is 9.94 Å². The molecule has 0 bridgehead atoms. The molecule has 0 aliphatic carbocycles. The predicted molar refractivity (Wildman–Crippen MR) is 123 cm³/mol. The van der Waals surface area contributed by atoms with E-state index >= 15 is 0 Å². The number of pyridine rings is 2. The van der Waals surface area contributed by atoms with Gasteiger partial charge in [0.1, 0.15) is 0 Å². The van der Waals surface area contributed by atoms with E-state index in [1.54, 1.807) is 18.5 Å². The second-order valence-electron chi connectivity index (χ2n) is 7.64. The van der Waals surface area contributed by atoms with Crippen molar-refractivity contribution in [1.29, 1.82) is 0 Å². The van der Waals surface area contributed by atoms with Crippen molar-refractivity contribution in [1.82, 2.24) is 9.97 Å². The van der Waals surface area contributed by atoms with Crippen LogP contribution in [0, 0.1) is 0 Å². The summed E-state index contributed by atoms with van der Waals surface area (Å²) in [4.78, 5) is 8.03. The first kappa shape index (κ1) is 24.2. The summed E-state index contributed by atoms with van der Waals surface area (Å²) in [5.74, 6) is 1.99. The first-order valence-corrected chi connectivity index (χ1v) is 10.6. The van der Waals surface area contributed by atoms with Crippen molar-refractivity contribution < 1.29 is 18.8 Å². The Kier molecular flexibility index (Phi) is 7.96. The van der Waals surface area contributed by atoms with Crippen molar-refractivity contribution in [2.45, 2.75) is 52.7 Å². The predicted octanol–water partition coefficient (Wildman–Crippen LogP) is 3.19. The van der Waals surface area contributed by atoms with Crippen LogP contribution in [0.4, 0.5) is 11.6 Å². The zero-order chi connectivity index (χ0) is 22.5. The van der Waals surface area contributed by atoms with Gasteiger partial charge < -0.3 is 30.2 Å². The van der Waals surface area contributed by atoms with Crippen molar-refractivity contribution in [2.75, 3.05) is 24.7 Å². The molecule has 0 aromatic carbocycles. The molecule has 0 saturated carbocycles. The highest BCUT2D eigenvalue weighted by Crippen LogP contribution is 2.36. The molecule has 8 nitrogen and oxygen atoms in total. The lowest BCUT2D eigenvalue weighted by Gasteiger charge is -2.32. The summed E-state index contributed by atoms with van der Waals surface area (Å²) < 4.78 is 23.4. The number of hydrogen-bond donors (Lipinski definition) is 2. The molecule has 2 aromatic rings. The average Bonchev–Trinajstić information content (AvgIpc) is 2.88. The Morgan fingerprint density at radius 2 is 1.37 bits per heavy atom. The van der Waals surface area contributed by atoms with Crippen LogP contribution in [0.1, 0.15) is 41.5 Å². The second kappa shape index (κ2) is 9.85. The zero-order valence-electron chi connectivity index (χ0n) is 18.4. The van der Waals surface area contributed by atoms with Crippen LogP contribution >= 0.6 is 15.9 Å². The number of nitrogens with two attached hydrogens (primary N) is 2. The summed E-state index contributed by atoms with van der Waals surface area (Å²) in [6.45, 7) is 13.0. The maximum Gasteiger partial charge on any atom is 0.496 e. The van der Waals surface area contributed by atoms with Gasteiger partial charge in [0.05, 0.1) is 24.4 Å². The largest absolute Gasteiger partial charge is 0.496 e. The first-order chi connectivity index (χ1) is 14.0. The number of nitrogens with zero attached hydrogens (tertiary/aromatic N) is 2. The smallest absolute Gasteiger partial charge is 0.490 e.